The van der Waals surface area contributed by atoms with Gasteiger partial charge in [-0.15, -0.1) is 6.58 Å². The summed E-state index contributed by atoms with van der Waals surface area (Å²) < 4.78 is 38.7. The molecule has 1 aromatic carbocycles. The zero-order chi connectivity index (χ0) is 15.2. The highest BCUT2D eigenvalue weighted by Crippen LogP contribution is 2.34. The Morgan fingerprint density at radius 1 is 1.25 bits per heavy atom. The molecule has 0 bridgehead atoms. The van der Waals surface area contributed by atoms with Gasteiger partial charge in [-0.05, 0) is 43.0 Å². The predicted octanol–water partition coefficient (Wildman–Crippen LogP) is 5.60. The van der Waals surface area contributed by atoms with Crippen molar-refractivity contribution < 1.29 is 13.2 Å². The first kappa shape index (κ1) is 17.2. The van der Waals surface area contributed by atoms with Crippen LogP contribution in [0.25, 0.3) is 0 Å². The minimum absolute atomic E-state index is 0.379. The number of alkyl halides is 3. The highest BCUT2D eigenvalue weighted by atomic mass is 79.9. The molecule has 5 heteroatoms. The number of halogens is 4. The van der Waals surface area contributed by atoms with E-state index in [2.05, 4.69) is 22.5 Å². The summed E-state index contributed by atoms with van der Waals surface area (Å²) in [5, 5.41) is 0. The van der Waals surface area contributed by atoms with E-state index in [9.17, 15) is 13.2 Å². The van der Waals surface area contributed by atoms with Crippen molar-refractivity contribution in [2.24, 2.45) is 5.73 Å². The number of benzene rings is 1. The zero-order valence-corrected chi connectivity index (χ0v) is 12.8. The summed E-state index contributed by atoms with van der Waals surface area (Å²) in [6, 6.07) is 3.23. The van der Waals surface area contributed by atoms with Gasteiger partial charge in [0.25, 0.3) is 0 Å². The fraction of sp³-hybridized carbons (Fsp3) is 0.467. The Labute approximate surface area is 126 Å². The van der Waals surface area contributed by atoms with Gasteiger partial charge in [-0.3, -0.25) is 0 Å². The molecule has 0 radical (unpaired) electrons. The summed E-state index contributed by atoms with van der Waals surface area (Å²) >= 11 is 3.27. The van der Waals surface area contributed by atoms with Crippen LogP contribution < -0.4 is 5.73 Å². The first-order valence-corrected chi connectivity index (χ1v) is 7.38. The second kappa shape index (κ2) is 7.84. The van der Waals surface area contributed by atoms with Crippen LogP contribution in [0.1, 0.15) is 49.3 Å². The van der Waals surface area contributed by atoms with Crippen LogP contribution in [0.2, 0.25) is 0 Å². The fourth-order valence-electron chi connectivity index (χ4n) is 1.99. The monoisotopic (exact) mass is 349 g/mol. The van der Waals surface area contributed by atoms with Crippen molar-refractivity contribution in [3.05, 3.63) is 46.5 Å². The highest BCUT2D eigenvalue weighted by molar-refractivity contribution is 9.10. The van der Waals surface area contributed by atoms with Crippen LogP contribution in [0.4, 0.5) is 13.2 Å². The highest BCUT2D eigenvalue weighted by Gasteiger charge is 2.31. The number of hydrogen-bond acceptors (Lipinski definition) is 1. The molecule has 1 atom stereocenters. The van der Waals surface area contributed by atoms with E-state index in [1.807, 2.05) is 6.08 Å². The van der Waals surface area contributed by atoms with Crippen molar-refractivity contribution in [3.63, 3.8) is 0 Å². The molecule has 0 saturated carbocycles. The summed E-state index contributed by atoms with van der Waals surface area (Å²) in [6.07, 6.45) is 2.12. The van der Waals surface area contributed by atoms with Crippen LogP contribution in [0.5, 0.6) is 0 Å². The summed E-state index contributed by atoms with van der Waals surface area (Å²) in [4.78, 5) is 0. The molecule has 1 aromatic rings. The maximum absolute atomic E-state index is 12.7. The first-order valence-electron chi connectivity index (χ1n) is 6.59. The third-order valence-electron chi connectivity index (χ3n) is 3.15. The topological polar surface area (TPSA) is 26.0 Å². The second-order valence-corrected chi connectivity index (χ2v) is 5.62. The third kappa shape index (κ3) is 5.29. The molecular weight excluding hydrogens is 331 g/mol. The lowest BCUT2D eigenvalue weighted by Gasteiger charge is -2.16. The van der Waals surface area contributed by atoms with Gasteiger partial charge in [0.2, 0.25) is 0 Å². The van der Waals surface area contributed by atoms with Gasteiger partial charge in [0.15, 0.2) is 0 Å². The molecule has 0 aliphatic rings. The number of unbranched alkanes of at least 4 members (excludes halogenated alkanes) is 3. The van der Waals surface area contributed by atoms with Gasteiger partial charge in [0.05, 0.1) is 5.56 Å². The van der Waals surface area contributed by atoms with E-state index >= 15 is 0 Å². The lowest BCUT2D eigenvalue weighted by molar-refractivity contribution is -0.137. The normalized spacial score (nSPS) is 13.2. The lowest BCUT2D eigenvalue weighted by Crippen LogP contribution is -2.13. The van der Waals surface area contributed by atoms with E-state index in [-0.39, 0.29) is 6.04 Å². The van der Waals surface area contributed by atoms with Gasteiger partial charge in [-0.1, -0.05) is 34.8 Å². The minimum Gasteiger partial charge on any atom is -0.324 e. The smallest absolute Gasteiger partial charge is 0.324 e. The number of nitrogens with two attached hydrogens (primary N) is 1. The lowest BCUT2D eigenvalue weighted by atomic mass is 9.99. The molecule has 0 heterocycles. The summed E-state index contributed by atoms with van der Waals surface area (Å²) in [5.74, 6) is 0. The van der Waals surface area contributed by atoms with Crippen LogP contribution in [0, 0.1) is 0 Å². The van der Waals surface area contributed by atoms with Crippen LogP contribution in [-0.4, -0.2) is 0 Å². The number of rotatable bonds is 7. The van der Waals surface area contributed by atoms with Crippen LogP contribution in [0.15, 0.2) is 35.3 Å². The van der Waals surface area contributed by atoms with E-state index < -0.39 is 11.7 Å². The van der Waals surface area contributed by atoms with Crippen molar-refractivity contribution in [2.75, 3.05) is 0 Å². The molecule has 1 nitrogen and oxygen atoms in total. The zero-order valence-electron chi connectivity index (χ0n) is 11.2. The average Bonchev–Trinajstić information content (AvgIpc) is 2.37. The Morgan fingerprint density at radius 2 is 1.95 bits per heavy atom. The largest absolute Gasteiger partial charge is 0.416 e. The number of hydrogen-bond donors (Lipinski definition) is 1. The van der Waals surface area contributed by atoms with Crippen molar-refractivity contribution in [2.45, 2.75) is 44.3 Å². The number of allylic oxidation sites excluding steroid dienone is 1. The van der Waals surface area contributed by atoms with Gasteiger partial charge in [0.1, 0.15) is 0 Å². The predicted molar refractivity (Wildman–Crippen MR) is 79.4 cm³/mol. The molecule has 0 fully saturated rings. The molecular formula is C15H19BrF3N. The van der Waals surface area contributed by atoms with Crippen molar-refractivity contribution in [1.82, 2.24) is 0 Å². The van der Waals surface area contributed by atoms with E-state index in [0.717, 1.165) is 37.8 Å². The second-order valence-electron chi connectivity index (χ2n) is 4.77. The van der Waals surface area contributed by atoms with E-state index in [1.165, 1.54) is 6.07 Å². The molecule has 1 rings (SSSR count). The Balaban J connectivity index is 2.67. The average molecular weight is 350 g/mol. The van der Waals surface area contributed by atoms with Gasteiger partial charge in [-0.2, -0.15) is 13.2 Å². The molecule has 0 amide bonds. The van der Waals surface area contributed by atoms with E-state index in [4.69, 9.17) is 5.73 Å². The van der Waals surface area contributed by atoms with Crippen molar-refractivity contribution >= 4 is 15.9 Å². The molecule has 20 heavy (non-hydrogen) atoms. The molecule has 0 aliphatic heterocycles. The van der Waals surface area contributed by atoms with Gasteiger partial charge >= 0.3 is 6.18 Å². The van der Waals surface area contributed by atoms with Gasteiger partial charge < -0.3 is 5.73 Å². The molecule has 0 spiro atoms. The molecule has 1 unspecified atom stereocenters. The fourth-order valence-corrected chi connectivity index (χ4v) is 2.53. The van der Waals surface area contributed by atoms with Crippen molar-refractivity contribution in [1.29, 1.82) is 0 Å². The Bertz CT molecular complexity index is 443. The molecule has 2 N–H and O–H groups in total. The van der Waals surface area contributed by atoms with Crippen LogP contribution in [0.3, 0.4) is 0 Å². The van der Waals surface area contributed by atoms with Crippen LogP contribution in [-0.2, 0) is 6.18 Å². The Kier molecular flexibility index (Phi) is 6.76. The summed E-state index contributed by atoms with van der Waals surface area (Å²) in [5.41, 5.74) is 5.87. The maximum Gasteiger partial charge on any atom is 0.416 e. The van der Waals surface area contributed by atoms with E-state index in [0.29, 0.717) is 16.5 Å². The van der Waals surface area contributed by atoms with E-state index in [1.54, 1.807) is 0 Å². The molecule has 0 saturated heterocycles. The Hall–Kier alpha value is -0.810. The standard InChI is InChI=1S/C15H19BrF3N/c1-2-3-4-5-6-7-14(20)12-10-11(15(17,18)19)8-9-13(12)16/h2,8-10,14H,1,3-7,20H2. The maximum atomic E-state index is 12.7. The third-order valence-corrected chi connectivity index (χ3v) is 3.87. The molecule has 112 valence electrons. The first-order chi connectivity index (χ1) is 9.36. The Morgan fingerprint density at radius 3 is 2.55 bits per heavy atom. The quantitative estimate of drug-likeness (QED) is 0.502. The summed E-state index contributed by atoms with van der Waals surface area (Å²) in [7, 11) is 0. The summed E-state index contributed by atoms with van der Waals surface area (Å²) in [6.45, 7) is 3.65. The SMILES string of the molecule is C=CCCCCCC(N)c1cc(C(F)(F)F)ccc1Br. The van der Waals surface area contributed by atoms with Crippen LogP contribution >= 0.6 is 15.9 Å². The molecule has 0 aromatic heterocycles. The van der Waals surface area contributed by atoms with Gasteiger partial charge in [0, 0.05) is 10.5 Å². The minimum atomic E-state index is -4.33. The molecule has 0 aliphatic carbocycles. The van der Waals surface area contributed by atoms with Gasteiger partial charge in [-0.25, -0.2) is 0 Å². The van der Waals surface area contributed by atoms with Crippen molar-refractivity contribution in [3.8, 4) is 0 Å².